The lowest BCUT2D eigenvalue weighted by molar-refractivity contribution is 0.0695. The Labute approximate surface area is 81.4 Å². The number of rotatable bonds is 3. The zero-order chi connectivity index (χ0) is 10.1. The molecule has 3 heteroatoms. The van der Waals surface area contributed by atoms with Crippen molar-refractivity contribution in [3.05, 3.63) is 35.4 Å². The van der Waals surface area contributed by atoms with Crippen LogP contribution in [-0.4, -0.2) is 17.8 Å². The van der Waals surface area contributed by atoms with Gasteiger partial charge in [0.05, 0.1) is 12.2 Å². The van der Waals surface area contributed by atoms with E-state index in [4.69, 9.17) is 5.11 Å². The molecule has 1 N–H and O–H groups in total. The van der Waals surface area contributed by atoms with Crippen molar-refractivity contribution in [2.24, 2.45) is 5.92 Å². The van der Waals surface area contributed by atoms with Crippen LogP contribution >= 0.6 is 0 Å². The fourth-order valence-corrected chi connectivity index (χ4v) is 1.81. The van der Waals surface area contributed by atoms with Gasteiger partial charge in [-0.1, -0.05) is 18.2 Å². The summed E-state index contributed by atoms with van der Waals surface area (Å²) in [7, 11) is 0. The zero-order valence-electron chi connectivity index (χ0n) is 7.61. The minimum atomic E-state index is -0.926. The van der Waals surface area contributed by atoms with E-state index in [1.165, 1.54) is 0 Å². The summed E-state index contributed by atoms with van der Waals surface area (Å²) in [4.78, 5) is 10.9. The van der Waals surface area contributed by atoms with Gasteiger partial charge in [-0.05, 0) is 29.9 Å². The average molecular weight is 194 g/mol. The standard InChI is InChI=1S/C11H11FO2/c12-6-7-5-10(7)8-3-1-2-4-9(8)11(13)14/h1-4,7,10H,5-6H2,(H,13,14). The molecule has 2 rings (SSSR count). The van der Waals surface area contributed by atoms with Crippen LogP contribution in [0.15, 0.2) is 24.3 Å². The summed E-state index contributed by atoms with van der Waals surface area (Å²) < 4.78 is 12.3. The van der Waals surface area contributed by atoms with E-state index in [1.54, 1.807) is 24.3 Å². The minimum Gasteiger partial charge on any atom is -0.478 e. The molecule has 0 aromatic heterocycles. The monoisotopic (exact) mass is 194 g/mol. The highest BCUT2D eigenvalue weighted by Gasteiger charge is 2.40. The van der Waals surface area contributed by atoms with Crippen LogP contribution in [0, 0.1) is 5.92 Å². The molecule has 14 heavy (non-hydrogen) atoms. The Morgan fingerprint density at radius 1 is 1.50 bits per heavy atom. The summed E-state index contributed by atoms with van der Waals surface area (Å²) in [6.07, 6.45) is 0.779. The third kappa shape index (κ3) is 1.50. The molecule has 1 aromatic rings. The largest absolute Gasteiger partial charge is 0.478 e. The lowest BCUT2D eigenvalue weighted by Gasteiger charge is -2.03. The van der Waals surface area contributed by atoms with Crippen LogP contribution < -0.4 is 0 Å². The molecule has 0 bridgehead atoms. The lowest BCUT2D eigenvalue weighted by atomic mass is 10.0. The Morgan fingerprint density at radius 3 is 2.79 bits per heavy atom. The molecule has 2 nitrogen and oxygen atoms in total. The number of carboxylic acid groups (broad SMARTS) is 1. The maximum atomic E-state index is 12.3. The van der Waals surface area contributed by atoms with Crippen LogP contribution in [0.4, 0.5) is 4.39 Å². The van der Waals surface area contributed by atoms with Gasteiger partial charge in [-0.15, -0.1) is 0 Å². The predicted octanol–water partition coefficient (Wildman–Crippen LogP) is 2.46. The van der Waals surface area contributed by atoms with Gasteiger partial charge in [-0.3, -0.25) is 4.39 Å². The smallest absolute Gasteiger partial charge is 0.335 e. The van der Waals surface area contributed by atoms with Gasteiger partial charge in [0.1, 0.15) is 0 Å². The number of carboxylic acids is 1. The van der Waals surface area contributed by atoms with Crippen molar-refractivity contribution in [1.82, 2.24) is 0 Å². The normalized spacial score (nSPS) is 24.6. The summed E-state index contributed by atoms with van der Waals surface area (Å²) in [5.41, 5.74) is 1.09. The average Bonchev–Trinajstić information content (AvgIpc) is 2.96. The molecule has 0 heterocycles. The Balaban J connectivity index is 2.29. The van der Waals surface area contributed by atoms with Crippen LogP contribution in [-0.2, 0) is 0 Å². The number of alkyl halides is 1. The van der Waals surface area contributed by atoms with Gasteiger partial charge in [0.25, 0.3) is 0 Å². The number of hydrogen-bond donors (Lipinski definition) is 1. The van der Waals surface area contributed by atoms with E-state index in [9.17, 15) is 9.18 Å². The molecule has 0 aliphatic heterocycles. The number of hydrogen-bond acceptors (Lipinski definition) is 1. The highest BCUT2D eigenvalue weighted by Crippen LogP contribution is 2.48. The fourth-order valence-electron chi connectivity index (χ4n) is 1.81. The van der Waals surface area contributed by atoms with Crippen LogP contribution in [0.1, 0.15) is 28.3 Å². The minimum absolute atomic E-state index is 0.0375. The third-order valence-electron chi connectivity index (χ3n) is 2.71. The van der Waals surface area contributed by atoms with Crippen molar-refractivity contribution >= 4 is 5.97 Å². The molecule has 0 radical (unpaired) electrons. The van der Waals surface area contributed by atoms with Crippen molar-refractivity contribution in [3.8, 4) is 0 Å². The van der Waals surface area contributed by atoms with Crippen molar-refractivity contribution in [2.75, 3.05) is 6.67 Å². The first-order valence-electron chi connectivity index (χ1n) is 4.62. The molecule has 0 amide bonds. The van der Waals surface area contributed by atoms with E-state index in [0.717, 1.165) is 12.0 Å². The van der Waals surface area contributed by atoms with E-state index in [-0.39, 0.29) is 18.5 Å². The van der Waals surface area contributed by atoms with Crippen molar-refractivity contribution in [2.45, 2.75) is 12.3 Å². The fraction of sp³-hybridized carbons (Fsp3) is 0.364. The number of benzene rings is 1. The molecule has 2 unspecified atom stereocenters. The zero-order valence-corrected chi connectivity index (χ0v) is 7.61. The summed E-state index contributed by atoms with van der Waals surface area (Å²) in [5.74, 6) is -0.770. The number of aromatic carboxylic acids is 1. The van der Waals surface area contributed by atoms with E-state index in [2.05, 4.69) is 0 Å². The van der Waals surface area contributed by atoms with Crippen LogP contribution in [0.3, 0.4) is 0 Å². The second-order valence-electron chi connectivity index (χ2n) is 3.65. The molecule has 1 saturated carbocycles. The van der Waals surface area contributed by atoms with Crippen molar-refractivity contribution in [3.63, 3.8) is 0 Å². The molecular weight excluding hydrogens is 183 g/mol. The van der Waals surface area contributed by atoms with Crippen LogP contribution in [0.2, 0.25) is 0 Å². The second kappa shape index (κ2) is 3.40. The molecule has 1 aliphatic carbocycles. The number of carbonyl (C=O) groups is 1. The molecule has 0 saturated heterocycles. The Kier molecular flexibility index (Phi) is 2.23. The molecule has 1 fully saturated rings. The Bertz CT molecular complexity index is 362. The lowest BCUT2D eigenvalue weighted by Crippen LogP contribution is -2.01. The SMILES string of the molecule is O=C(O)c1ccccc1C1CC1CF. The first-order valence-corrected chi connectivity index (χ1v) is 4.62. The maximum absolute atomic E-state index is 12.3. The molecule has 74 valence electrons. The second-order valence-corrected chi connectivity index (χ2v) is 3.65. The summed E-state index contributed by atoms with van der Waals surface area (Å²) in [5, 5.41) is 8.91. The first kappa shape index (κ1) is 9.19. The topological polar surface area (TPSA) is 37.3 Å². The molecule has 1 aliphatic rings. The van der Waals surface area contributed by atoms with Gasteiger partial charge < -0.3 is 5.11 Å². The van der Waals surface area contributed by atoms with Gasteiger partial charge in [-0.2, -0.15) is 0 Å². The van der Waals surface area contributed by atoms with Crippen molar-refractivity contribution < 1.29 is 14.3 Å². The molecular formula is C11H11FO2. The molecule has 2 atom stereocenters. The van der Waals surface area contributed by atoms with Crippen molar-refractivity contribution in [1.29, 1.82) is 0 Å². The predicted molar refractivity (Wildman–Crippen MR) is 50.2 cm³/mol. The summed E-state index contributed by atoms with van der Waals surface area (Å²) in [6, 6.07) is 6.85. The van der Waals surface area contributed by atoms with Crippen LogP contribution in [0.5, 0.6) is 0 Å². The van der Waals surface area contributed by atoms with Crippen LogP contribution in [0.25, 0.3) is 0 Å². The van der Waals surface area contributed by atoms with Gasteiger partial charge in [0, 0.05) is 0 Å². The molecule has 0 spiro atoms. The highest BCUT2D eigenvalue weighted by molar-refractivity contribution is 5.89. The summed E-state index contributed by atoms with van der Waals surface area (Å²) in [6.45, 7) is -0.349. The first-order chi connectivity index (χ1) is 6.74. The van der Waals surface area contributed by atoms with E-state index in [1.807, 2.05) is 0 Å². The van der Waals surface area contributed by atoms with Gasteiger partial charge in [0.2, 0.25) is 0 Å². The number of halogens is 1. The Hall–Kier alpha value is -1.38. The van der Waals surface area contributed by atoms with E-state index < -0.39 is 5.97 Å². The van der Waals surface area contributed by atoms with Gasteiger partial charge in [0.15, 0.2) is 0 Å². The quantitative estimate of drug-likeness (QED) is 0.802. The van der Waals surface area contributed by atoms with Gasteiger partial charge in [-0.25, -0.2) is 4.79 Å². The van der Waals surface area contributed by atoms with Gasteiger partial charge >= 0.3 is 5.97 Å². The summed E-state index contributed by atoms with van der Waals surface area (Å²) >= 11 is 0. The van der Waals surface area contributed by atoms with E-state index >= 15 is 0 Å². The third-order valence-corrected chi connectivity index (χ3v) is 2.71. The maximum Gasteiger partial charge on any atom is 0.335 e. The molecule has 1 aromatic carbocycles. The van der Waals surface area contributed by atoms with E-state index in [0.29, 0.717) is 5.56 Å². The Morgan fingerprint density at radius 2 is 2.21 bits per heavy atom. The highest BCUT2D eigenvalue weighted by atomic mass is 19.1.